The number of hydrogen-bond acceptors (Lipinski definition) is 0. The summed E-state index contributed by atoms with van der Waals surface area (Å²) in [4.78, 5) is 0. The van der Waals surface area contributed by atoms with Crippen LogP contribution in [0.5, 0.6) is 0 Å². The van der Waals surface area contributed by atoms with Crippen LogP contribution in [0.15, 0.2) is 36.4 Å². The van der Waals surface area contributed by atoms with Gasteiger partial charge in [0, 0.05) is 5.56 Å². The highest BCUT2D eigenvalue weighted by Gasteiger charge is 2.29. The molecule has 0 radical (unpaired) electrons. The number of hydrogen-bond donors (Lipinski definition) is 0. The highest BCUT2D eigenvalue weighted by atomic mass is 35.5. The molecule has 0 saturated heterocycles. The van der Waals surface area contributed by atoms with E-state index in [1.807, 2.05) is 19.1 Å². The van der Waals surface area contributed by atoms with Crippen molar-refractivity contribution in [3.63, 3.8) is 0 Å². The Kier molecular flexibility index (Phi) is 5.36. The monoisotopic (exact) mass is 370 g/mol. The van der Waals surface area contributed by atoms with Crippen molar-refractivity contribution in [1.29, 1.82) is 0 Å². The number of rotatable bonds is 3. The summed E-state index contributed by atoms with van der Waals surface area (Å²) < 4.78 is 14.5. The second-order valence-corrected chi connectivity index (χ2v) is 8.71. The van der Waals surface area contributed by atoms with Gasteiger partial charge in [-0.25, -0.2) is 4.39 Å². The molecule has 2 heteroatoms. The van der Waals surface area contributed by atoms with Crippen LogP contribution in [0.4, 0.5) is 4.39 Å². The number of halogens is 2. The summed E-state index contributed by atoms with van der Waals surface area (Å²) in [6, 6.07) is 12.2. The van der Waals surface area contributed by atoms with Crippen LogP contribution >= 0.6 is 11.6 Å². The van der Waals surface area contributed by atoms with Gasteiger partial charge in [0.2, 0.25) is 0 Å². The molecular weight excluding hydrogens is 343 g/mol. The van der Waals surface area contributed by atoms with Crippen molar-refractivity contribution in [2.45, 2.75) is 64.2 Å². The average Bonchev–Trinajstić information content (AvgIpc) is 3.22. The van der Waals surface area contributed by atoms with Gasteiger partial charge < -0.3 is 0 Å². The highest BCUT2D eigenvalue weighted by molar-refractivity contribution is 6.31. The summed E-state index contributed by atoms with van der Waals surface area (Å²) in [6.45, 7) is 1.83. The van der Waals surface area contributed by atoms with Crippen molar-refractivity contribution in [2.24, 2.45) is 11.8 Å². The van der Waals surface area contributed by atoms with Gasteiger partial charge in [-0.3, -0.25) is 0 Å². The molecule has 2 aromatic rings. The lowest BCUT2D eigenvalue weighted by atomic mass is 9.73. The van der Waals surface area contributed by atoms with Gasteiger partial charge in [0.15, 0.2) is 0 Å². The average molecular weight is 371 g/mol. The quantitative estimate of drug-likeness (QED) is 0.514. The Morgan fingerprint density at radius 2 is 1.42 bits per heavy atom. The van der Waals surface area contributed by atoms with Crippen LogP contribution in [-0.2, 0) is 0 Å². The first-order chi connectivity index (χ1) is 12.6. The standard InChI is InChI=1S/C24H28ClF/c1-16-6-15-22(24(26)23(16)25)21-13-11-20(12-14-21)19-9-7-18(8-10-19)17-4-2-3-5-17/h6,11-15,17-19H,2-5,7-10H2,1H3. The first-order valence-corrected chi connectivity index (χ1v) is 10.6. The van der Waals surface area contributed by atoms with E-state index in [9.17, 15) is 4.39 Å². The van der Waals surface area contributed by atoms with E-state index in [1.54, 1.807) is 0 Å². The first-order valence-electron chi connectivity index (χ1n) is 10.2. The van der Waals surface area contributed by atoms with Gasteiger partial charge in [-0.2, -0.15) is 0 Å². The molecule has 0 bridgehead atoms. The maximum Gasteiger partial charge on any atom is 0.149 e. The van der Waals surface area contributed by atoms with Crippen molar-refractivity contribution in [2.75, 3.05) is 0 Å². The summed E-state index contributed by atoms with van der Waals surface area (Å²) in [5.41, 5.74) is 3.70. The topological polar surface area (TPSA) is 0 Å². The molecule has 0 atom stereocenters. The zero-order valence-electron chi connectivity index (χ0n) is 15.6. The van der Waals surface area contributed by atoms with Gasteiger partial charge in [0.25, 0.3) is 0 Å². The van der Waals surface area contributed by atoms with Crippen LogP contribution in [0.25, 0.3) is 11.1 Å². The molecule has 0 spiro atoms. The second kappa shape index (κ2) is 7.72. The second-order valence-electron chi connectivity index (χ2n) is 8.34. The molecule has 2 aliphatic rings. The summed E-state index contributed by atoms with van der Waals surface area (Å²) in [6.07, 6.45) is 11.2. The van der Waals surface area contributed by atoms with E-state index in [-0.39, 0.29) is 10.8 Å². The predicted octanol–water partition coefficient (Wildman–Crippen LogP) is 7.92. The fraction of sp³-hybridized carbons (Fsp3) is 0.500. The molecular formula is C24H28ClF. The van der Waals surface area contributed by atoms with Gasteiger partial charge in [-0.1, -0.05) is 73.7 Å². The van der Waals surface area contributed by atoms with Crippen LogP contribution in [-0.4, -0.2) is 0 Å². The minimum Gasteiger partial charge on any atom is -0.205 e. The molecule has 2 aromatic carbocycles. The Balaban J connectivity index is 1.44. The smallest absolute Gasteiger partial charge is 0.149 e. The van der Waals surface area contributed by atoms with E-state index in [4.69, 9.17) is 11.6 Å². The fourth-order valence-electron chi connectivity index (χ4n) is 5.16. The van der Waals surface area contributed by atoms with Gasteiger partial charge in [0.1, 0.15) is 5.82 Å². The summed E-state index contributed by atoms with van der Waals surface area (Å²) in [7, 11) is 0. The molecule has 2 saturated carbocycles. The molecule has 138 valence electrons. The third kappa shape index (κ3) is 3.56. The number of benzene rings is 2. The maximum absolute atomic E-state index is 14.5. The van der Waals surface area contributed by atoms with Crippen molar-refractivity contribution < 1.29 is 4.39 Å². The maximum atomic E-state index is 14.5. The SMILES string of the molecule is Cc1ccc(-c2ccc(C3CCC(C4CCCC4)CC3)cc2)c(F)c1Cl. The Morgan fingerprint density at radius 3 is 2.08 bits per heavy atom. The third-order valence-corrected chi connectivity index (χ3v) is 7.27. The van der Waals surface area contributed by atoms with Gasteiger partial charge in [-0.05, 0) is 67.1 Å². The molecule has 0 amide bonds. The summed E-state index contributed by atoms with van der Waals surface area (Å²) >= 11 is 6.08. The van der Waals surface area contributed by atoms with Gasteiger partial charge in [-0.15, -0.1) is 0 Å². The summed E-state index contributed by atoms with van der Waals surface area (Å²) in [5, 5.41) is 0.233. The normalized spacial score (nSPS) is 24.1. The molecule has 0 aliphatic heterocycles. The Hall–Kier alpha value is -1.34. The third-order valence-electron chi connectivity index (χ3n) is 6.81. The largest absolute Gasteiger partial charge is 0.205 e. The number of aryl methyl sites for hydroxylation is 1. The molecule has 0 aromatic heterocycles. The molecule has 0 nitrogen and oxygen atoms in total. The fourth-order valence-corrected chi connectivity index (χ4v) is 5.32. The van der Waals surface area contributed by atoms with Crippen LogP contribution < -0.4 is 0 Å². The molecule has 26 heavy (non-hydrogen) atoms. The van der Waals surface area contributed by atoms with E-state index in [2.05, 4.69) is 24.3 Å². The van der Waals surface area contributed by atoms with E-state index in [0.717, 1.165) is 23.0 Å². The van der Waals surface area contributed by atoms with E-state index in [1.165, 1.54) is 56.9 Å². The molecule has 2 fully saturated rings. The Morgan fingerprint density at radius 1 is 0.808 bits per heavy atom. The predicted molar refractivity (Wildman–Crippen MR) is 108 cm³/mol. The minimum absolute atomic E-state index is 0.233. The van der Waals surface area contributed by atoms with E-state index in [0.29, 0.717) is 11.5 Å². The van der Waals surface area contributed by atoms with E-state index < -0.39 is 0 Å². The lowest BCUT2D eigenvalue weighted by Gasteiger charge is -2.32. The van der Waals surface area contributed by atoms with Crippen LogP contribution in [0, 0.1) is 24.6 Å². The molecule has 4 rings (SSSR count). The molecule has 0 unspecified atom stereocenters. The van der Waals surface area contributed by atoms with E-state index >= 15 is 0 Å². The summed E-state index contributed by atoms with van der Waals surface area (Å²) in [5.74, 6) is 2.34. The Bertz CT molecular complexity index is 751. The zero-order chi connectivity index (χ0) is 18.1. The zero-order valence-corrected chi connectivity index (χ0v) is 16.4. The molecule has 0 N–H and O–H groups in total. The van der Waals surface area contributed by atoms with Crippen LogP contribution in [0.2, 0.25) is 5.02 Å². The van der Waals surface area contributed by atoms with Crippen molar-refractivity contribution in [3.8, 4) is 11.1 Å². The Labute approximate surface area is 161 Å². The van der Waals surface area contributed by atoms with Gasteiger partial charge >= 0.3 is 0 Å². The molecule has 2 aliphatic carbocycles. The van der Waals surface area contributed by atoms with Crippen molar-refractivity contribution in [1.82, 2.24) is 0 Å². The first kappa shape index (κ1) is 18.0. The lowest BCUT2D eigenvalue weighted by Crippen LogP contribution is -2.19. The molecule has 0 heterocycles. The van der Waals surface area contributed by atoms with Crippen LogP contribution in [0.3, 0.4) is 0 Å². The lowest BCUT2D eigenvalue weighted by molar-refractivity contribution is 0.235. The minimum atomic E-state index is -0.309. The van der Waals surface area contributed by atoms with Crippen molar-refractivity contribution in [3.05, 3.63) is 58.4 Å². The van der Waals surface area contributed by atoms with Crippen LogP contribution in [0.1, 0.15) is 68.4 Å². The van der Waals surface area contributed by atoms with Gasteiger partial charge in [0.05, 0.1) is 5.02 Å². The van der Waals surface area contributed by atoms with Crippen molar-refractivity contribution >= 4 is 11.6 Å². The highest BCUT2D eigenvalue weighted by Crippen LogP contribution is 2.43.